The molecular formula is C22H18F3N5. The summed E-state index contributed by atoms with van der Waals surface area (Å²) >= 11 is 0. The highest BCUT2D eigenvalue weighted by Crippen LogP contribution is 2.33. The molecule has 2 rings (SSSR count). The van der Waals surface area contributed by atoms with Crippen LogP contribution in [0.1, 0.15) is 19.4 Å². The fourth-order valence-electron chi connectivity index (χ4n) is 2.91. The van der Waals surface area contributed by atoms with Crippen molar-refractivity contribution in [1.29, 1.82) is 15.8 Å². The van der Waals surface area contributed by atoms with Gasteiger partial charge in [0.15, 0.2) is 5.57 Å². The van der Waals surface area contributed by atoms with Gasteiger partial charge in [-0.15, -0.1) is 0 Å². The van der Waals surface area contributed by atoms with Crippen LogP contribution < -0.4 is 10.2 Å². The lowest BCUT2D eigenvalue weighted by atomic mass is 9.96. The Morgan fingerprint density at radius 1 is 1.03 bits per heavy atom. The molecule has 1 aliphatic rings. The van der Waals surface area contributed by atoms with Crippen LogP contribution in [-0.2, 0) is 0 Å². The second kappa shape index (κ2) is 9.49. The molecule has 1 heterocycles. The minimum absolute atomic E-state index is 0.0469. The smallest absolute Gasteiger partial charge is 0.372 e. The van der Waals surface area contributed by atoms with Crippen LogP contribution in [0.4, 0.5) is 18.9 Å². The van der Waals surface area contributed by atoms with Gasteiger partial charge in [0.05, 0.1) is 11.3 Å². The lowest BCUT2D eigenvalue weighted by Gasteiger charge is -2.22. The summed E-state index contributed by atoms with van der Waals surface area (Å²) in [4.78, 5) is 2.15. The number of nitrogens with zero attached hydrogens (tertiary/aromatic N) is 4. The summed E-state index contributed by atoms with van der Waals surface area (Å²) < 4.78 is 39.9. The maximum Gasteiger partial charge on any atom is 0.431 e. The average molecular weight is 409 g/mol. The summed E-state index contributed by atoms with van der Waals surface area (Å²) in [7, 11) is 0. The van der Waals surface area contributed by atoms with Crippen molar-refractivity contribution in [3.05, 3.63) is 70.1 Å². The molecular weight excluding hydrogens is 391 g/mol. The number of allylic oxidation sites excluding steroid dienone is 6. The van der Waals surface area contributed by atoms with Crippen molar-refractivity contribution in [2.45, 2.75) is 20.0 Å². The van der Waals surface area contributed by atoms with Crippen LogP contribution in [0.15, 0.2) is 64.5 Å². The average Bonchev–Trinajstić information content (AvgIpc) is 2.74. The zero-order valence-corrected chi connectivity index (χ0v) is 16.4. The summed E-state index contributed by atoms with van der Waals surface area (Å²) in [6.07, 6.45) is -1.02. The number of hydrogen-bond donors (Lipinski definition) is 1. The van der Waals surface area contributed by atoms with Crippen LogP contribution in [0.3, 0.4) is 0 Å². The van der Waals surface area contributed by atoms with Gasteiger partial charge in [-0.2, -0.15) is 29.0 Å². The molecule has 5 nitrogen and oxygen atoms in total. The van der Waals surface area contributed by atoms with E-state index in [0.29, 0.717) is 0 Å². The Hall–Kier alpha value is -3.96. The molecule has 0 saturated carbocycles. The maximum absolute atomic E-state index is 13.3. The molecule has 0 fully saturated rings. The zero-order valence-electron chi connectivity index (χ0n) is 16.4. The minimum atomic E-state index is -4.74. The van der Waals surface area contributed by atoms with Gasteiger partial charge in [-0.05, 0) is 43.2 Å². The van der Waals surface area contributed by atoms with Crippen LogP contribution in [0, 0.1) is 34.0 Å². The quantitative estimate of drug-likeness (QED) is 0.712. The second-order valence-corrected chi connectivity index (χ2v) is 6.19. The highest BCUT2D eigenvalue weighted by atomic mass is 19.4. The monoisotopic (exact) mass is 409 g/mol. The lowest BCUT2D eigenvalue weighted by molar-refractivity contribution is -0.0959. The molecule has 1 aliphatic heterocycles. The number of dihydropyridines is 1. The summed E-state index contributed by atoms with van der Waals surface area (Å²) in [6, 6.07) is 12.3. The third-order valence-electron chi connectivity index (χ3n) is 4.47. The molecule has 0 bridgehead atoms. The number of benzene rings is 1. The van der Waals surface area contributed by atoms with E-state index in [2.05, 4.69) is 4.90 Å². The van der Waals surface area contributed by atoms with E-state index in [1.165, 1.54) is 18.2 Å². The van der Waals surface area contributed by atoms with Gasteiger partial charge >= 0.3 is 6.18 Å². The van der Waals surface area contributed by atoms with Crippen LogP contribution in [0.5, 0.6) is 0 Å². The normalized spacial score (nSPS) is 13.8. The number of rotatable bonds is 5. The number of hydrogen-bond acceptors (Lipinski definition) is 5. The van der Waals surface area contributed by atoms with Crippen molar-refractivity contribution in [2.75, 3.05) is 18.0 Å². The third-order valence-corrected chi connectivity index (χ3v) is 4.47. The topological polar surface area (TPSA) is 86.6 Å². The van der Waals surface area contributed by atoms with Gasteiger partial charge in [-0.1, -0.05) is 24.3 Å². The van der Waals surface area contributed by atoms with Gasteiger partial charge in [0.2, 0.25) is 0 Å². The van der Waals surface area contributed by atoms with Crippen molar-refractivity contribution < 1.29 is 13.2 Å². The fraction of sp³-hybridized carbons (Fsp3) is 0.227. The van der Waals surface area contributed by atoms with E-state index in [9.17, 15) is 18.4 Å². The van der Waals surface area contributed by atoms with Crippen LogP contribution in [-0.4, -0.2) is 19.3 Å². The van der Waals surface area contributed by atoms with Crippen molar-refractivity contribution in [3.8, 4) is 18.2 Å². The highest BCUT2D eigenvalue weighted by molar-refractivity contribution is 5.66. The van der Waals surface area contributed by atoms with Crippen molar-refractivity contribution in [1.82, 2.24) is 5.32 Å². The molecule has 0 radical (unpaired) electrons. The molecule has 0 saturated heterocycles. The molecule has 1 aromatic carbocycles. The fourth-order valence-corrected chi connectivity index (χ4v) is 2.91. The Bertz CT molecular complexity index is 1030. The van der Waals surface area contributed by atoms with E-state index in [-0.39, 0.29) is 11.1 Å². The number of alkyl halides is 3. The van der Waals surface area contributed by atoms with E-state index in [0.717, 1.165) is 30.4 Å². The van der Waals surface area contributed by atoms with E-state index in [4.69, 9.17) is 10.5 Å². The Morgan fingerprint density at radius 2 is 1.63 bits per heavy atom. The largest absolute Gasteiger partial charge is 0.431 e. The SMILES string of the molecule is CCN(CC)c1ccc(C=CC2=C(C#N)C(=C(C#N)C#N)NC(C(F)(F)F)=C2)cc1. The van der Waals surface area contributed by atoms with Crippen LogP contribution in [0.25, 0.3) is 6.08 Å². The van der Waals surface area contributed by atoms with E-state index < -0.39 is 23.1 Å². The summed E-state index contributed by atoms with van der Waals surface area (Å²) in [5.41, 5.74) is -0.720. The first-order valence-electron chi connectivity index (χ1n) is 9.07. The Morgan fingerprint density at radius 3 is 2.10 bits per heavy atom. The third kappa shape index (κ3) is 4.90. The zero-order chi connectivity index (χ0) is 22.3. The highest BCUT2D eigenvalue weighted by Gasteiger charge is 2.37. The molecule has 0 spiro atoms. The van der Waals surface area contributed by atoms with Gasteiger partial charge in [0.25, 0.3) is 0 Å². The van der Waals surface area contributed by atoms with Gasteiger partial charge in [-0.25, -0.2) is 0 Å². The first kappa shape index (κ1) is 22.3. The molecule has 0 amide bonds. The van der Waals surface area contributed by atoms with Crippen molar-refractivity contribution in [2.24, 2.45) is 0 Å². The molecule has 0 unspecified atom stereocenters. The van der Waals surface area contributed by atoms with Crippen LogP contribution in [0.2, 0.25) is 0 Å². The second-order valence-electron chi connectivity index (χ2n) is 6.19. The number of nitrogens with one attached hydrogen (secondary N) is 1. The van der Waals surface area contributed by atoms with E-state index in [1.807, 2.05) is 43.4 Å². The lowest BCUT2D eigenvalue weighted by Crippen LogP contribution is -2.30. The van der Waals surface area contributed by atoms with Gasteiger partial charge in [0.1, 0.15) is 23.9 Å². The molecule has 0 aliphatic carbocycles. The maximum atomic E-state index is 13.3. The summed E-state index contributed by atoms with van der Waals surface area (Å²) in [5.74, 6) is 0. The van der Waals surface area contributed by atoms with Gasteiger partial charge < -0.3 is 10.2 Å². The van der Waals surface area contributed by atoms with E-state index >= 15 is 0 Å². The summed E-state index contributed by atoms with van der Waals surface area (Å²) in [6.45, 7) is 5.77. The Labute approximate surface area is 172 Å². The number of nitriles is 3. The predicted molar refractivity (Wildman–Crippen MR) is 107 cm³/mol. The van der Waals surface area contributed by atoms with Crippen LogP contribution >= 0.6 is 0 Å². The standard InChI is InChI=1S/C22H18F3N5/c1-3-30(4-2)18-9-6-15(7-10-18)5-8-16-11-20(22(23,24)25)29-21(19(16)14-28)17(12-26)13-27/h5-11,29H,3-4H2,1-2H3. The molecule has 152 valence electrons. The van der Waals surface area contributed by atoms with Crippen molar-refractivity contribution in [3.63, 3.8) is 0 Å². The molecule has 0 aromatic heterocycles. The van der Waals surface area contributed by atoms with Gasteiger partial charge in [-0.3, -0.25) is 0 Å². The number of anilines is 1. The molecule has 30 heavy (non-hydrogen) atoms. The number of halogens is 3. The molecule has 0 atom stereocenters. The van der Waals surface area contributed by atoms with E-state index in [1.54, 1.807) is 12.1 Å². The predicted octanol–water partition coefficient (Wildman–Crippen LogP) is 4.72. The van der Waals surface area contributed by atoms with Gasteiger partial charge in [0, 0.05) is 18.8 Å². The molecule has 1 N–H and O–H groups in total. The van der Waals surface area contributed by atoms with Crippen molar-refractivity contribution >= 4 is 11.8 Å². The Kier molecular flexibility index (Phi) is 7.07. The first-order valence-corrected chi connectivity index (χ1v) is 9.07. The minimum Gasteiger partial charge on any atom is -0.372 e. The molecule has 8 heteroatoms. The first-order chi connectivity index (χ1) is 14.3. The molecule has 1 aromatic rings. The summed E-state index contributed by atoms with van der Waals surface area (Å²) in [5, 5.41) is 29.6. The Balaban J connectivity index is 2.52.